The van der Waals surface area contributed by atoms with Crippen molar-refractivity contribution in [1.82, 2.24) is 0 Å². The number of halogens is 1. The van der Waals surface area contributed by atoms with E-state index in [0.717, 1.165) is 33.6 Å². The third-order valence-electron chi connectivity index (χ3n) is 9.48. The Kier molecular flexibility index (Phi) is 10.6. The van der Waals surface area contributed by atoms with E-state index in [1.54, 1.807) is 7.11 Å². The topological polar surface area (TPSA) is 75.6 Å². The van der Waals surface area contributed by atoms with Gasteiger partial charge >= 0.3 is 0 Å². The largest absolute Gasteiger partial charge is 0.497 e. The molecule has 5 atom stereocenters. The van der Waals surface area contributed by atoms with Crippen molar-refractivity contribution in [1.29, 1.82) is 0 Å². The molecule has 2 aliphatic rings. The lowest BCUT2D eigenvalue weighted by Gasteiger charge is -2.50. The minimum absolute atomic E-state index is 0.0653. The molecule has 50 heavy (non-hydrogen) atoms. The van der Waals surface area contributed by atoms with Gasteiger partial charge in [-0.1, -0.05) is 121 Å². The van der Waals surface area contributed by atoms with Crippen molar-refractivity contribution in [2.75, 3.05) is 20.3 Å². The first-order valence-corrected chi connectivity index (χ1v) is 17.2. The van der Waals surface area contributed by atoms with E-state index >= 15 is 0 Å². The molecule has 258 valence electrons. The molecule has 2 heterocycles. The van der Waals surface area contributed by atoms with Gasteiger partial charge in [-0.2, -0.15) is 0 Å². The Balaban J connectivity index is 1.30. The smallest absolute Gasteiger partial charge is 0.225 e. The molecular weight excluding hydrogens is 652 g/mol. The van der Waals surface area contributed by atoms with Crippen LogP contribution in [-0.4, -0.2) is 49.3 Å². The number of benzene rings is 5. The Morgan fingerprint density at radius 2 is 1.24 bits per heavy atom. The highest BCUT2D eigenvalue weighted by molar-refractivity contribution is 6.31. The number of methoxy groups -OCH3 is 1. The van der Waals surface area contributed by atoms with Crippen LogP contribution in [0.25, 0.3) is 0 Å². The number of aliphatic hydroxyl groups excluding tert-OH is 1. The summed E-state index contributed by atoms with van der Waals surface area (Å²) in [5.74, 6) is -0.656. The summed E-state index contributed by atoms with van der Waals surface area (Å²) in [5.41, 5.74) is 4.41. The average Bonchev–Trinajstić information content (AvgIpc) is 3.53. The second-order valence-corrected chi connectivity index (χ2v) is 13.2. The van der Waals surface area contributed by atoms with Crippen LogP contribution in [0.3, 0.4) is 0 Å². The van der Waals surface area contributed by atoms with Crippen LogP contribution < -0.4 is 4.74 Å². The lowest BCUT2D eigenvalue weighted by atomic mass is 9.83. The number of ether oxygens (including phenoxy) is 6. The SMILES string of the molecule is COc1ccc(Cc2cc(C34OCC(CO)(O3)[C@H](OCc3ccccc3)[C@H](OCc3ccccc3)C4OCc3ccccc3)ccc2Cl)cc1. The predicted molar refractivity (Wildman–Crippen MR) is 191 cm³/mol. The van der Waals surface area contributed by atoms with Crippen molar-refractivity contribution in [2.45, 2.75) is 55.9 Å². The van der Waals surface area contributed by atoms with Crippen LogP contribution >= 0.6 is 11.6 Å². The first-order valence-electron chi connectivity index (χ1n) is 16.9. The molecule has 7 nitrogen and oxygen atoms in total. The molecule has 0 radical (unpaired) electrons. The minimum Gasteiger partial charge on any atom is -0.497 e. The molecule has 2 bridgehead atoms. The van der Waals surface area contributed by atoms with E-state index in [9.17, 15) is 5.11 Å². The lowest BCUT2D eigenvalue weighted by molar-refractivity contribution is -0.353. The summed E-state index contributed by atoms with van der Waals surface area (Å²) in [6.07, 6.45) is -1.67. The molecule has 1 N–H and O–H groups in total. The highest BCUT2D eigenvalue weighted by Gasteiger charge is 2.69. The first-order chi connectivity index (χ1) is 24.5. The zero-order valence-electron chi connectivity index (χ0n) is 28.0. The maximum atomic E-state index is 11.1. The van der Waals surface area contributed by atoms with Gasteiger partial charge in [0.1, 0.15) is 29.7 Å². The summed E-state index contributed by atoms with van der Waals surface area (Å²) in [7, 11) is 1.65. The third kappa shape index (κ3) is 7.22. The monoisotopic (exact) mass is 692 g/mol. The summed E-state index contributed by atoms with van der Waals surface area (Å²) in [6, 6.07) is 43.6. The van der Waals surface area contributed by atoms with Crippen LogP contribution in [0.4, 0.5) is 0 Å². The summed E-state index contributed by atoms with van der Waals surface area (Å²) < 4.78 is 39.5. The zero-order valence-corrected chi connectivity index (χ0v) is 28.7. The fourth-order valence-corrected chi connectivity index (χ4v) is 7.01. The fraction of sp³-hybridized carbons (Fsp3) is 0.286. The van der Waals surface area contributed by atoms with Gasteiger partial charge < -0.3 is 33.5 Å². The molecule has 0 saturated carbocycles. The van der Waals surface area contributed by atoms with Crippen LogP contribution in [0, 0.1) is 0 Å². The van der Waals surface area contributed by atoms with E-state index in [4.69, 9.17) is 40.0 Å². The van der Waals surface area contributed by atoms with Crippen molar-refractivity contribution in [2.24, 2.45) is 0 Å². The number of hydrogen-bond acceptors (Lipinski definition) is 7. The molecule has 8 heteroatoms. The van der Waals surface area contributed by atoms with Crippen molar-refractivity contribution in [3.05, 3.63) is 172 Å². The molecule has 2 fully saturated rings. The Hall–Kier alpha value is -4.05. The second-order valence-electron chi connectivity index (χ2n) is 12.8. The highest BCUT2D eigenvalue weighted by atomic mass is 35.5. The molecule has 0 amide bonds. The van der Waals surface area contributed by atoms with E-state index in [0.29, 0.717) is 23.6 Å². The molecular formula is C42H41ClO7. The van der Waals surface area contributed by atoms with Crippen LogP contribution in [0.5, 0.6) is 5.75 Å². The number of hydrogen-bond donors (Lipinski definition) is 1. The molecule has 0 spiro atoms. The van der Waals surface area contributed by atoms with Crippen LogP contribution in [0.1, 0.15) is 33.4 Å². The van der Waals surface area contributed by atoms with Crippen molar-refractivity contribution in [3.8, 4) is 5.75 Å². The summed E-state index contributed by atoms with van der Waals surface area (Å²) in [4.78, 5) is 0. The van der Waals surface area contributed by atoms with Gasteiger partial charge in [-0.3, -0.25) is 0 Å². The third-order valence-corrected chi connectivity index (χ3v) is 9.84. The minimum atomic E-state index is -1.44. The Morgan fingerprint density at radius 1 is 0.680 bits per heavy atom. The van der Waals surface area contributed by atoms with E-state index in [1.807, 2.05) is 133 Å². The molecule has 7 rings (SSSR count). The molecule has 3 unspecified atom stereocenters. The molecule has 0 aromatic heterocycles. The standard InChI is InChI=1S/C42H41ClO7/c1-45-36-20-17-30(18-21-36)23-34-24-35(19-22-37(34)43)42-40(48-27-33-15-9-4-10-16-33)38(46-25-31-11-5-2-6-12-31)39(41(28-44,50-42)29-49-42)47-26-32-13-7-3-8-14-32/h2-22,24,38-40,44H,23,25-29H2,1H3/t38-,39+,40?,41?,42?/m0/s1. The van der Waals surface area contributed by atoms with Gasteiger partial charge in [0.25, 0.3) is 0 Å². The Labute approximate surface area is 298 Å². The predicted octanol–water partition coefficient (Wildman–Crippen LogP) is 7.64. The second kappa shape index (κ2) is 15.5. The van der Waals surface area contributed by atoms with Gasteiger partial charge in [0, 0.05) is 10.6 Å². The van der Waals surface area contributed by atoms with Crippen molar-refractivity contribution < 1.29 is 33.5 Å². The molecule has 5 aromatic carbocycles. The maximum absolute atomic E-state index is 11.1. The average molecular weight is 693 g/mol. The van der Waals surface area contributed by atoms with Crippen LogP contribution in [0.2, 0.25) is 5.02 Å². The van der Waals surface area contributed by atoms with E-state index < -0.39 is 29.7 Å². The van der Waals surface area contributed by atoms with E-state index in [-0.39, 0.29) is 26.4 Å². The fourth-order valence-electron chi connectivity index (χ4n) is 6.82. The van der Waals surface area contributed by atoms with Gasteiger partial charge in [-0.05, 0) is 58.5 Å². The maximum Gasteiger partial charge on any atom is 0.225 e. The quantitative estimate of drug-likeness (QED) is 0.128. The van der Waals surface area contributed by atoms with Gasteiger partial charge in [0.05, 0.1) is 40.1 Å². The van der Waals surface area contributed by atoms with Crippen LogP contribution in [-0.2, 0) is 55.7 Å². The summed E-state index contributed by atoms with van der Waals surface area (Å²) in [5, 5.41) is 11.7. The zero-order chi connectivity index (χ0) is 34.4. The highest BCUT2D eigenvalue weighted by Crippen LogP contribution is 2.53. The number of rotatable bonds is 14. The first kappa shape index (κ1) is 34.4. The van der Waals surface area contributed by atoms with Gasteiger partial charge in [-0.25, -0.2) is 0 Å². The number of aliphatic hydroxyl groups is 1. The van der Waals surface area contributed by atoms with Crippen molar-refractivity contribution >= 4 is 11.6 Å². The molecule has 2 aliphatic heterocycles. The van der Waals surface area contributed by atoms with E-state index in [1.165, 1.54) is 0 Å². The van der Waals surface area contributed by atoms with Gasteiger partial charge in [-0.15, -0.1) is 0 Å². The molecule has 0 aliphatic carbocycles. The summed E-state index contributed by atoms with van der Waals surface area (Å²) in [6.45, 7) is 0.567. The van der Waals surface area contributed by atoms with Gasteiger partial charge in [0.2, 0.25) is 5.79 Å². The summed E-state index contributed by atoms with van der Waals surface area (Å²) >= 11 is 6.82. The van der Waals surface area contributed by atoms with E-state index in [2.05, 4.69) is 0 Å². The lowest BCUT2D eigenvalue weighted by Crippen LogP contribution is -2.67. The normalized spacial score (nSPS) is 24.3. The Morgan fingerprint density at radius 3 is 1.80 bits per heavy atom. The molecule has 2 saturated heterocycles. The Bertz CT molecular complexity index is 1820. The molecule has 5 aromatic rings. The van der Waals surface area contributed by atoms with Crippen LogP contribution in [0.15, 0.2) is 133 Å². The van der Waals surface area contributed by atoms with Crippen molar-refractivity contribution in [3.63, 3.8) is 0 Å². The number of fused-ring (bicyclic) bond motifs is 2. The van der Waals surface area contributed by atoms with Gasteiger partial charge in [0.15, 0.2) is 0 Å².